The topological polar surface area (TPSA) is 42.6 Å². The summed E-state index contributed by atoms with van der Waals surface area (Å²) in [7, 11) is 1.51. The molecule has 1 heterocycles. The van der Waals surface area contributed by atoms with Gasteiger partial charge in [0.1, 0.15) is 11.3 Å². The number of ether oxygens (including phenoxy) is 1. The number of hydrogen-bond acceptors (Lipinski definition) is 3. The molecule has 68 valence electrons. The van der Waals surface area contributed by atoms with Crippen molar-refractivity contribution in [1.82, 2.24) is 0 Å². The Kier molecular flexibility index (Phi) is 1.81. The fourth-order valence-corrected chi connectivity index (χ4v) is 1.35. The summed E-state index contributed by atoms with van der Waals surface area (Å²) in [5, 5.41) is 10.2. The van der Waals surface area contributed by atoms with Crippen LogP contribution in [0.3, 0.4) is 0 Å². The maximum atomic E-state index is 9.28. The van der Waals surface area contributed by atoms with Gasteiger partial charge in [0.05, 0.1) is 12.1 Å². The SMILES string of the molecule is COc1cc2c(Cl)c(O)ccc2o1. The van der Waals surface area contributed by atoms with Gasteiger partial charge in [-0.2, -0.15) is 0 Å². The number of rotatable bonds is 1. The lowest BCUT2D eigenvalue weighted by Gasteiger charge is -1.94. The lowest BCUT2D eigenvalue weighted by molar-refractivity contribution is 0.315. The lowest BCUT2D eigenvalue weighted by Crippen LogP contribution is -1.75. The van der Waals surface area contributed by atoms with E-state index in [1.165, 1.54) is 13.2 Å². The first kappa shape index (κ1) is 8.26. The van der Waals surface area contributed by atoms with E-state index in [0.29, 0.717) is 16.9 Å². The largest absolute Gasteiger partial charge is 0.506 e. The minimum Gasteiger partial charge on any atom is -0.506 e. The summed E-state index contributed by atoms with van der Waals surface area (Å²) >= 11 is 5.83. The van der Waals surface area contributed by atoms with Crippen molar-refractivity contribution < 1.29 is 14.3 Å². The Balaban J connectivity index is 2.76. The average molecular weight is 199 g/mol. The molecule has 0 spiro atoms. The Morgan fingerprint density at radius 3 is 2.92 bits per heavy atom. The Hall–Kier alpha value is -1.35. The average Bonchev–Trinajstić information content (AvgIpc) is 2.55. The highest BCUT2D eigenvalue weighted by molar-refractivity contribution is 6.36. The molecule has 1 N–H and O–H groups in total. The zero-order valence-electron chi connectivity index (χ0n) is 6.87. The van der Waals surface area contributed by atoms with Crippen LogP contribution in [0.2, 0.25) is 5.02 Å². The molecule has 0 aliphatic heterocycles. The van der Waals surface area contributed by atoms with Gasteiger partial charge in [-0.1, -0.05) is 11.6 Å². The molecule has 0 aliphatic rings. The van der Waals surface area contributed by atoms with E-state index in [2.05, 4.69) is 0 Å². The molecule has 4 heteroatoms. The van der Waals surface area contributed by atoms with E-state index in [1.54, 1.807) is 12.1 Å². The zero-order valence-corrected chi connectivity index (χ0v) is 7.63. The number of halogens is 1. The molecule has 0 saturated heterocycles. The lowest BCUT2D eigenvalue weighted by atomic mass is 10.2. The number of aromatic hydroxyl groups is 1. The number of hydrogen-bond donors (Lipinski definition) is 1. The molecular formula is C9H7ClO3. The summed E-state index contributed by atoms with van der Waals surface area (Å²) in [6.45, 7) is 0. The van der Waals surface area contributed by atoms with Crippen LogP contribution in [0.25, 0.3) is 11.0 Å². The molecule has 1 aromatic heterocycles. The standard InChI is InChI=1S/C9H7ClO3/c1-12-8-4-5-7(13-8)3-2-6(11)9(5)10/h2-4,11H,1H3. The van der Waals surface area contributed by atoms with Crippen molar-refractivity contribution in [3.8, 4) is 11.7 Å². The second kappa shape index (κ2) is 2.85. The van der Waals surface area contributed by atoms with E-state index in [-0.39, 0.29) is 10.8 Å². The van der Waals surface area contributed by atoms with Crippen LogP contribution < -0.4 is 4.74 Å². The van der Waals surface area contributed by atoms with Crippen molar-refractivity contribution in [2.45, 2.75) is 0 Å². The third-order valence-corrected chi connectivity index (χ3v) is 2.19. The number of phenolic OH excluding ortho intramolecular Hbond substituents is 1. The van der Waals surface area contributed by atoms with Gasteiger partial charge in [-0.15, -0.1) is 0 Å². The Morgan fingerprint density at radius 2 is 2.23 bits per heavy atom. The molecule has 0 radical (unpaired) electrons. The minimum absolute atomic E-state index is 0.0395. The molecule has 0 fully saturated rings. The zero-order chi connectivity index (χ0) is 9.42. The predicted molar refractivity (Wildman–Crippen MR) is 49.4 cm³/mol. The van der Waals surface area contributed by atoms with Gasteiger partial charge in [0.15, 0.2) is 0 Å². The fraction of sp³-hybridized carbons (Fsp3) is 0.111. The van der Waals surface area contributed by atoms with Gasteiger partial charge >= 0.3 is 0 Å². The van der Waals surface area contributed by atoms with Gasteiger partial charge in [0, 0.05) is 11.5 Å². The summed E-state index contributed by atoms with van der Waals surface area (Å²) in [4.78, 5) is 0. The molecule has 0 saturated carbocycles. The van der Waals surface area contributed by atoms with Crippen molar-refractivity contribution in [2.24, 2.45) is 0 Å². The van der Waals surface area contributed by atoms with E-state index in [0.717, 1.165) is 0 Å². The first-order valence-electron chi connectivity index (χ1n) is 3.67. The maximum absolute atomic E-state index is 9.28. The van der Waals surface area contributed by atoms with E-state index < -0.39 is 0 Å². The Bertz CT molecular complexity index is 447. The summed E-state index contributed by atoms with van der Waals surface area (Å²) < 4.78 is 10.1. The van der Waals surface area contributed by atoms with Gasteiger partial charge < -0.3 is 14.3 Å². The highest BCUT2D eigenvalue weighted by atomic mass is 35.5. The maximum Gasteiger partial charge on any atom is 0.285 e. The quantitative estimate of drug-likeness (QED) is 0.766. The second-order valence-electron chi connectivity index (χ2n) is 2.58. The minimum atomic E-state index is 0.0395. The van der Waals surface area contributed by atoms with E-state index in [1.807, 2.05) is 0 Å². The monoisotopic (exact) mass is 198 g/mol. The molecule has 0 bridgehead atoms. The predicted octanol–water partition coefficient (Wildman–Crippen LogP) is 2.80. The van der Waals surface area contributed by atoms with Crippen molar-refractivity contribution in [3.05, 3.63) is 23.2 Å². The van der Waals surface area contributed by atoms with Gasteiger partial charge in [0.25, 0.3) is 5.95 Å². The Morgan fingerprint density at radius 1 is 1.46 bits per heavy atom. The number of methoxy groups -OCH3 is 1. The molecule has 0 unspecified atom stereocenters. The second-order valence-corrected chi connectivity index (χ2v) is 2.96. The first-order chi connectivity index (χ1) is 6.22. The number of phenols is 1. The Labute approximate surface area is 79.5 Å². The molecule has 2 rings (SSSR count). The highest BCUT2D eigenvalue weighted by Gasteiger charge is 2.09. The van der Waals surface area contributed by atoms with Crippen molar-refractivity contribution in [1.29, 1.82) is 0 Å². The smallest absolute Gasteiger partial charge is 0.285 e. The fourth-order valence-electron chi connectivity index (χ4n) is 1.14. The molecule has 0 aliphatic carbocycles. The van der Waals surface area contributed by atoms with Gasteiger partial charge in [-0.25, -0.2) is 0 Å². The summed E-state index contributed by atoms with van der Waals surface area (Å²) in [6, 6.07) is 4.75. The molecule has 13 heavy (non-hydrogen) atoms. The molecule has 1 aromatic carbocycles. The van der Waals surface area contributed by atoms with Gasteiger partial charge in [-0.05, 0) is 12.1 Å². The van der Waals surface area contributed by atoms with Crippen LogP contribution in [0.15, 0.2) is 22.6 Å². The van der Waals surface area contributed by atoms with Crippen LogP contribution in [0.1, 0.15) is 0 Å². The third kappa shape index (κ3) is 1.21. The number of benzene rings is 1. The molecule has 0 atom stereocenters. The molecule has 3 nitrogen and oxygen atoms in total. The van der Waals surface area contributed by atoms with Crippen LogP contribution in [0, 0.1) is 0 Å². The van der Waals surface area contributed by atoms with Crippen LogP contribution in [0.5, 0.6) is 11.7 Å². The van der Waals surface area contributed by atoms with Gasteiger partial charge in [0.2, 0.25) is 0 Å². The number of furan rings is 1. The van der Waals surface area contributed by atoms with Crippen LogP contribution in [-0.4, -0.2) is 12.2 Å². The van der Waals surface area contributed by atoms with Crippen molar-refractivity contribution in [2.75, 3.05) is 7.11 Å². The van der Waals surface area contributed by atoms with E-state index in [4.69, 9.17) is 20.8 Å². The highest BCUT2D eigenvalue weighted by Crippen LogP contribution is 2.35. The summed E-state index contributed by atoms with van der Waals surface area (Å²) in [5.41, 5.74) is 0.597. The number of fused-ring (bicyclic) bond motifs is 1. The van der Waals surface area contributed by atoms with Crippen LogP contribution in [0.4, 0.5) is 0 Å². The van der Waals surface area contributed by atoms with Crippen LogP contribution in [-0.2, 0) is 0 Å². The van der Waals surface area contributed by atoms with Gasteiger partial charge in [-0.3, -0.25) is 0 Å². The third-order valence-electron chi connectivity index (χ3n) is 1.79. The first-order valence-corrected chi connectivity index (χ1v) is 4.05. The van der Waals surface area contributed by atoms with Crippen LogP contribution >= 0.6 is 11.6 Å². The molecular weight excluding hydrogens is 192 g/mol. The molecule has 2 aromatic rings. The normalized spacial score (nSPS) is 10.6. The van der Waals surface area contributed by atoms with E-state index in [9.17, 15) is 5.11 Å². The van der Waals surface area contributed by atoms with Crippen molar-refractivity contribution in [3.63, 3.8) is 0 Å². The molecule has 0 amide bonds. The summed E-state index contributed by atoms with van der Waals surface area (Å²) in [5.74, 6) is 0.417. The van der Waals surface area contributed by atoms with Crippen molar-refractivity contribution >= 4 is 22.6 Å². The van der Waals surface area contributed by atoms with E-state index >= 15 is 0 Å². The summed E-state index contributed by atoms with van der Waals surface area (Å²) in [6.07, 6.45) is 0.